The van der Waals surface area contributed by atoms with E-state index in [1.54, 1.807) is 6.20 Å². The SMILES string of the molecule is Cc1ccccc1-n1nccc1[C@H]1OCC[C@@H]1C(=O)N[C@@H](C)c1ncn[nH]1. The number of nitrogens with one attached hydrogen (secondary N) is 2. The van der Waals surface area contributed by atoms with Crippen LogP contribution in [0.5, 0.6) is 0 Å². The third kappa shape index (κ3) is 3.35. The normalized spacial score (nSPS) is 20.5. The van der Waals surface area contributed by atoms with E-state index in [-0.39, 0.29) is 24.0 Å². The molecule has 0 aliphatic carbocycles. The average molecular weight is 366 g/mol. The number of rotatable bonds is 5. The average Bonchev–Trinajstić information content (AvgIpc) is 3.41. The van der Waals surface area contributed by atoms with Crippen LogP contribution < -0.4 is 5.32 Å². The smallest absolute Gasteiger partial charge is 0.226 e. The summed E-state index contributed by atoms with van der Waals surface area (Å²) in [6, 6.07) is 9.70. The number of carbonyl (C=O) groups is 1. The zero-order valence-electron chi connectivity index (χ0n) is 15.3. The molecule has 0 radical (unpaired) electrons. The van der Waals surface area contributed by atoms with Crippen molar-refractivity contribution in [2.45, 2.75) is 32.4 Å². The van der Waals surface area contributed by atoms with Crippen LogP contribution in [0.25, 0.3) is 5.69 Å². The fourth-order valence-electron chi connectivity index (χ4n) is 3.49. The van der Waals surface area contributed by atoms with Crippen molar-refractivity contribution in [2.75, 3.05) is 6.61 Å². The Morgan fingerprint density at radius 3 is 3.00 bits per heavy atom. The van der Waals surface area contributed by atoms with Gasteiger partial charge in [-0.25, -0.2) is 9.67 Å². The molecule has 1 aliphatic heterocycles. The molecule has 140 valence electrons. The Kier molecular flexibility index (Phi) is 4.72. The lowest BCUT2D eigenvalue weighted by molar-refractivity contribution is -0.127. The number of aromatic nitrogens is 5. The number of H-pyrrole nitrogens is 1. The molecule has 0 unspecified atom stereocenters. The van der Waals surface area contributed by atoms with Gasteiger partial charge in [-0.1, -0.05) is 18.2 Å². The number of carbonyl (C=O) groups excluding carboxylic acids is 1. The second-order valence-corrected chi connectivity index (χ2v) is 6.74. The molecule has 3 heterocycles. The Balaban J connectivity index is 1.57. The summed E-state index contributed by atoms with van der Waals surface area (Å²) in [6.45, 7) is 4.46. The van der Waals surface area contributed by atoms with Gasteiger partial charge < -0.3 is 10.1 Å². The molecule has 27 heavy (non-hydrogen) atoms. The number of aryl methyl sites for hydroxylation is 1. The minimum Gasteiger partial charge on any atom is -0.371 e. The monoisotopic (exact) mass is 366 g/mol. The molecule has 0 spiro atoms. The van der Waals surface area contributed by atoms with Gasteiger partial charge in [0.1, 0.15) is 18.3 Å². The van der Waals surface area contributed by atoms with Gasteiger partial charge in [0, 0.05) is 12.8 Å². The van der Waals surface area contributed by atoms with E-state index in [4.69, 9.17) is 4.74 Å². The van der Waals surface area contributed by atoms with E-state index in [1.165, 1.54) is 6.33 Å². The van der Waals surface area contributed by atoms with E-state index in [9.17, 15) is 4.79 Å². The third-order valence-corrected chi connectivity index (χ3v) is 4.94. The van der Waals surface area contributed by atoms with Crippen molar-refractivity contribution < 1.29 is 9.53 Å². The molecular weight excluding hydrogens is 344 g/mol. The summed E-state index contributed by atoms with van der Waals surface area (Å²) in [4.78, 5) is 17.0. The maximum absolute atomic E-state index is 12.9. The molecule has 1 saturated heterocycles. The number of aromatic amines is 1. The molecule has 3 atom stereocenters. The summed E-state index contributed by atoms with van der Waals surface area (Å²) >= 11 is 0. The maximum Gasteiger partial charge on any atom is 0.226 e. The highest BCUT2D eigenvalue weighted by atomic mass is 16.5. The van der Waals surface area contributed by atoms with Crippen molar-refractivity contribution >= 4 is 5.91 Å². The van der Waals surface area contributed by atoms with Gasteiger partial charge in [-0.15, -0.1) is 0 Å². The summed E-state index contributed by atoms with van der Waals surface area (Å²) in [5.74, 6) is 0.289. The molecule has 8 nitrogen and oxygen atoms in total. The van der Waals surface area contributed by atoms with Gasteiger partial charge in [-0.3, -0.25) is 9.89 Å². The first-order chi connectivity index (χ1) is 13.1. The van der Waals surface area contributed by atoms with E-state index < -0.39 is 0 Å². The largest absolute Gasteiger partial charge is 0.371 e. The molecule has 2 N–H and O–H groups in total. The number of hydrogen-bond acceptors (Lipinski definition) is 5. The molecule has 4 rings (SSSR count). The first kappa shape index (κ1) is 17.4. The van der Waals surface area contributed by atoms with Crippen LogP contribution in [0.1, 0.15) is 42.6 Å². The molecule has 2 aromatic heterocycles. The predicted octanol–water partition coefficient (Wildman–Crippen LogP) is 2.25. The maximum atomic E-state index is 12.9. The fourth-order valence-corrected chi connectivity index (χ4v) is 3.49. The number of amides is 1. The molecule has 1 fully saturated rings. The van der Waals surface area contributed by atoms with Gasteiger partial charge in [0.2, 0.25) is 5.91 Å². The van der Waals surface area contributed by atoms with Gasteiger partial charge in [-0.2, -0.15) is 10.2 Å². The zero-order chi connectivity index (χ0) is 18.8. The van der Waals surface area contributed by atoms with Crippen LogP contribution in [-0.2, 0) is 9.53 Å². The van der Waals surface area contributed by atoms with Gasteiger partial charge >= 0.3 is 0 Å². The Hall–Kier alpha value is -3.00. The summed E-state index contributed by atoms with van der Waals surface area (Å²) in [5, 5.41) is 14.1. The second-order valence-electron chi connectivity index (χ2n) is 6.74. The van der Waals surface area contributed by atoms with Crippen LogP contribution in [0.15, 0.2) is 42.9 Å². The highest BCUT2D eigenvalue weighted by Crippen LogP contribution is 2.36. The lowest BCUT2D eigenvalue weighted by atomic mass is 9.97. The Morgan fingerprint density at radius 2 is 2.22 bits per heavy atom. The van der Waals surface area contributed by atoms with Crippen LogP contribution >= 0.6 is 0 Å². The molecule has 0 bridgehead atoms. The molecule has 1 amide bonds. The summed E-state index contributed by atoms with van der Waals surface area (Å²) < 4.78 is 7.81. The third-order valence-electron chi connectivity index (χ3n) is 4.94. The topological polar surface area (TPSA) is 97.7 Å². The minimum absolute atomic E-state index is 0.0565. The molecule has 1 aliphatic rings. The van der Waals surface area contributed by atoms with E-state index in [0.717, 1.165) is 16.9 Å². The molecule has 3 aromatic rings. The van der Waals surface area contributed by atoms with Crippen molar-refractivity contribution in [3.63, 3.8) is 0 Å². The predicted molar refractivity (Wildman–Crippen MR) is 98.0 cm³/mol. The van der Waals surface area contributed by atoms with Crippen LogP contribution in [0.2, 0.25) is 0 Å². The van der Waals surface area contributed by atoms with Crippen molar-refractivity contribution in [3.8, 4) is 5.69 Å². The van der Waals surface area contributed by atoms with Crippen LogP contribution in [-0.4, -0.2) is 37.5 Å². The van der Waals surface area contributed by atoms with Gasteiger partial charge in [0.05, 0.1) is 23.3 Å². The Labute approximate surface area is 157 Å². The number of hydrogen-bond donors (Lipinski definition) is 2. The second kappa shape index (κ2) is 7.32. The van der Waals surface area contributed by atoms with Crippen molar-refractivity contribution in [2.24, 2.45) is 5.92 Å². The van der Waals surface area contributed by atoms with Crippen LogP contribution in [0.3, 0.4) is 0 Å². The summed E-state index contributed by atoms with van der Waals surface area (Å²) in [5.41, 5.74) is 2.98. The highest BCUT2D eigenvalue weighted by molar-refractivity contribution is 5.80. The van der Waals surface area contributed by atoms with Gasteiger partial charge in [0.15, 0.2) is 0 Å². The van der Waals surface area contributed by atoms with Crippen LogP contribution in [0.4, 0.5) is 0 Å². The fraction of sp³-hybridized carbons (Fsp3) is 0.368. The standard InChI is InChI=1S/C19H22N6O2/c1-12-5-3-4-6-15(12)25-16(7-9-22-25)17-14(8-10-27-17)19(26)23-13(2)18-20-11-21-24-18/h3-7,9,11,13-14,17H,8,10H2,1-2H3,(H,23,26)(H,20,21,24)/t13-,14-,17-/m0/s1. The molecule has 1 aromatic carbocycles. The lowest BCUT2D eigenvalue weighted by Crippen LogP contribution is -2.35. The van der Waals surface area contributed by atoms with Crippen molar-refractivity contribution in [1.29, 1.82) is 0 Å². The Bertz CT molecular complexity index is 920. The first-order valence-electron chi connectivity index (χ1n) is 9.02. The van der Waals surface area contributed by atoms with Crippen molar-refractivity contribution in [3.05, 3.63) is 59.9 Å². The summed E-state index contributed by atoms with van der Waals surface area (Å²) in [6.07, 6.45) is 3.50. The molecule has 8 heteroatoms. The van der Waals surface area contributed by atoms with Crippen molar-refractivity contribution in [1.82, 2.24) is 30.3 Å². The van der Waals surface area contributed by atoms with E-state index in [2.05, 4.69) is 25.6 Å². The van der Waals surface area contributed by atoms with E-state index in [1.807, 2.05) is 48.9 Å². The van der Waals surface area contributed by atoms with E-state index >= 15 is 0 Å². The van der Waals surface area contributed by atoms with Gasteiger partial charge in [0.25, 0.3) is 0 Å². The number of nitrogens with zero attached hydrogens (tertiary/aromatic N) is 4. The zero-order valence-corrected chi connectivity index (χ0v) is 15.3. The highest BCUT2D eigenvalue weighted by Gasteiger charge is 2.38. The lowest BCUT2D eigenvalue weighted by Gasteiger charge is -2.21. The van der Waals surface area contributed by atoms with E-state index in [0.29, 0.717) is 18.9 Å². The number of ether oxygens (including phenoxy) is 1. The van der Waals surface area contributed by atoms with Gasteiger partial charge in [-0.05, 0) is 38.0 Å². The quantitative estimate of drug-likeness (QED) is 0.722. The number of para-hydroxylation sites is 1. The first-order valence-corrected chi connectivity index (χ1v) is 9.02. The molecule has 0 saturated carbocycles. The molecular formula is C19H22N6O2. The Morgan fingerprint density at radius 1 is 1.37 bits per heavy atom. The number of benzene rings is 1. The minimum atomic E-state index is -0.339. The van der Waals surface area contributed by atoms with Crippen LogP contribution in [0, 0.1) is 12.8 Å². The summed E-state index contributed by atoms with van der Waals surface area (Å²) in [7, 11) is 0.